The molecule has 0 aliphatic carbocycles. The predicted molar refractivity (Wildman–Crippen MR) is 60.8 cm³/mol. The summed E-state index contributed by atoms with van der Waals surface area (Å²) < 4.78 is 0. The molecule has 15 heavy (non-hydrogen) atoms. The zero-order valence-corrected chi connectivity index (χ0v) is 9.70. The van der Waals surface area contributed by atoms with Crippen LogP contribution in [0.3, 0.4) is 0 Å². The van der Waals surface area contributed by atoms with Crippen LogP contribution in [0.5, 0.6) is 0 Å². The zero-order valence-electron chi connectivity index (χ0n) is 9.70. The van der Waals surface area contributed by atoms with E-state index in [-0.39, 0.29) is 0 Å². The Balaban J connectivity index is 2.32. The quantitative estimate of drug-likeness (QED) is 0.724. The number of rotatable bonds is 4. The molecular weight excluding hydrogens is 190 g/mol. The third-order valence-electron chi connectivity index (χ3n) is 3.22. The molecule has 1 aliphatic rings. The average Bonchev–Trinajstić information content (AvgIpc) is 2.18. The van der Waals surface area contributed by atoms with Gasteiger partial charge in [0.15, 0.2) is 0 Å². The van der Waals surface area contributed by atoms with Gasteiger partial charge in [-0.15, -0.1) is 0 Å². The van der Waals surface area contributed by atoms with Crippen molar-refractivity contribution in [3.8, 4) is 0 Å². The first-order chi connectivity index (χ1) is 7.00. The van der Waals surface area contributed by atoms with Gasteiger partial charge in [0.05, 0.1) is 0 Å². The van der Waals surface area contributed by atoms with Crippen LogP contribution in [0.2, 0.25) is 0 Å². The van der Waals surface area contributed by atoms with Gasteiger partial charge in [-0.2, -0.15) is 0 Å². The number of likely N-dealkylation sites (tertiary alicyclic amines) is 1. The molecule has 3 nitrogen and oxygen atoms in total. The van der Waals surface area contributed by atoms with Gasteiger partial charge >= 0.3 is 5.97 Å². The van der Waals surface area contributed by atoms with E-state index in [0.717, 1.165) is 25.9 Å². The molecular formula is C12H21NO2. The van der Waals surface area contributed by atoms with Crippen LogP contribution >= 0.6 is 0 Å². The van der Waals surface area contributed by atoms with Gasteiger partial charge in [-0.3, -0.25) is 0 Å². The van der Waals surface area contributed by atoms with Gasteiger partial charge in [-0.25, -0.2) is 4.79 Å². The number of hydrogen-bond acceptors (Lipinski definition) is 2. The summed E-state index contributed by atoms with van der Waals surface area (Å²) in [5.41, 5.74) is 0.359. The van der Waals surface area contributed by atoms with Crippen molar-refractivity contribution in [3.63, 3.8) is 0 Å². The fourth-order valence-corrected chi connectivity index (χ4v) is 2.11. The summed E-state index contributed by atoms with van der Waals surface area (Å²) in [6, 6.07) is 0.605. The maximum atomic E-state index is 10.6. The lowest BCUT2D eigenvalue weighted by atomic mass is 9.90. The number of carboxylic acid groups (broad SMARTS) is 1. The Morgan fingerprint density at radius 3 is 2.40 bits per heavy atom. The lowest BCUT2D eigenvalue weighted by Gasteiger charge is -2.34. The Labute approximate surface area is 91.8 Å². The molecule has 0 radical (unpaired) electrons. The normalized spacial score (nSPS) is 19.4. The van der Waals surface area contributed by atoms with Crippen LogP contribution in [-0.4, -0.2) is 35.1 Å². The number of piperidine rings is 1. The van der Waals surface area contributed by atoms with Crippen molar-refractivity contribution in [1.29, 1.82) is 0 Å². The van der Waals surface area contributed by atoms with Gasteiger partial charge in [0.2, 0.25) is 0 Å². The molecule has 1 fully saturated rings. The molecule has 1 rings (SSSR count). The molecule has 3 heteroatoms. The monoisotopic (exact) mass is 211 g/mol. The van der Waals surface area contributed by atoms with Gasteiger partial charge in [0, 0.05) is 11.6 Å². The summed E-state index contributed by atoms with van der Waals surface area (Å²) in [5.74, 6) is -0.329. The molecule has 0 atom stereocenters. The summed E-state index contributed by atoms with van der Waals surface area (Å²) in [7, 11) is 0. The molecule has 1 heterocycles. The van der Waals surface area contributed by atoms with Crippen LogP contribution in [0.25, 0.3) is 0 Å². The van der Waals surface area contributed by atoms with Crippen LogP contribution in [0.4, 0.5) is 0 Å². The summed E-state index contributed by atoms with van der Waals surface area (Å²) >= 11 is 0. The van der Waals surface area contributed by atoms with Gasteiger partial charge < -0.3 is 10.0 Å². The fourth-order valence-electron chi connectivity index (χ4n) is 2.11. The Morgan fingerprint density at radius 2 is 2.00 bits per heavy atom. The molecule has 0 saturated carbocycles. The number of nitrogens with zero attached hydrogens (tertiary/aromatic N) is 1. The van der Waals surface area contributed by atoms with Crippen molar-refractivity contribution in [2.24, 2.45) is 5.92 Å². The Kier molecular flexibility index (Phi) is 4.33. The van der Waals surface area contributed by atoms with E-state index in [1.54, 1.807) is 0 Å². The summed E-state index contributed by atoms with van der Waals surface area (Å²) in [4.78, 5) is 13.1. The lowest BCUT2D eigenvalue weighted by Crippen LogP contribution is -2.38. The van der Waals surface area contributed by atoms with Crippen molar-refractivity contribution < 1.29 is 9.90 Å². The third-order valence-corrected chi connectivity index (χ3v) is 3.22. The molecule has 0 aromatic carbocycles. The fraction of sp³-hybridized carbons (Fsp3) is 0.750. The molecule has 1 aliphatic heterocycles. The molecule has 0 spiro atoms. The number of aliphatic carboxylic acids is 1. The van der Waals surface area contributed by atoms with Crippen molar-refractivity contribution in [1.82, 2.24) is 4.90 Å². The van der Waals surface area contributed by atoms with E-state index in [2.05, 4.69) is 25.3 Å². The molecule has 0 unspecified atom stereocenters. The number of carbonyl (C=O) groups is 1. The summed E-state index contributed by atoms with van der Waals surface area (Å²) in [5, 5.41) is 8.74. The van der Waals surface area contributed by atoms with Crippen LogP contribution in [0.15, 0.2) is 12.2 Å². The van der Waals surface area contributed by atoms with Crippen LogP contribution in [0, 0.1) is 5.92 Å². The van der Waals surface area contributed by atoms with Crippen molar-refractivity contribution in [2.75, 3.05) is 13.1 Å². The van der Waals surface area contributed by atoms with E-state index < -0.39 is 5.97 Å². The van der Waals surface area contributed by atoms with E-state index in [4.69, 9.17) is 5.11 Å². The maximum Gasteiger partial charge on any atom is 0.330 e. The van der Waals surface area contributed by atoms with Crippen molar-refractivity contribution >= 4 is 5.97 Å². The molecule has 1 N–H and O–H groups in total. The van der Waals surface area contributed by atoms with Gasteiger partial charge in [0.25, 0.3) is 0 Å². The van der Waals surface area contributed by atoms with E-state index in [9.17, 15) is 4.79 Å². The Morgan fingerprint density at radius 1 is 1.47 bits per heavy atom. The molecule has 86 valence electrons. The molecule has 0 bridgehead atoms. The Hall–Kier alpha value is -0.830. The topological polar surface area (TPSA) is 40.5 Å². The molecule has 1 saturated heterocycles. The molecule has 0 aromatic rings. The molecule has 0 aromatic heterocycles. The second kappa shape index (κ2) is 5.31. The second-order valence-corrected chi connectivity index (χ2v) is 4.69. The Bertz CT molecular complexity index is 240. The SMILES string of the molecule is C=C(CC1CCN(C(C)C)CC1)C(=O)O. The van der Waals surface area contributed by atoms with Crippen LogP contribution in [-0.2, 0) is 4.79 Å². The lowest BCUT2D eigenvalue weighted by molar-refractivity contribution is -0.132. The number of carboxylic acids is 1. The van der Waals surface area contributed by atoms with Crippen LogP contribution in [0.1, 0.15) is 33.1 Å². The smallest absolute Gasteiger partial charge is 0.330 e. The van der Waals surface area contributed by atoms with Crippen molar-refractivity contribution in [3.05, 3.63) is 12.2 Å². The molecule has 0 amide bonds. The predicted octanol–water partition coefficient (Wildman–Crippen LogP) is 2.14. The first-order valence-corrected chi connectivity index (χ1v) is 5.65. The highest BCUT2D eigenvalue weighted by Crippen LogP contribution is 2.24. The van der Waals surface area contributed by atoms with Gasteiger partial charge in [-0.1, -0.05) is 6.58 Å². The zero-order chi connectivity index (χ0) is 11.4. The number of hydrogen-bond donors (Lipinski definition) is 1. The maximum absolute atomic E-state index is 10.6. The van der Waals surface area contributed by atoms with E-state index >= 15 is 0 Å². The summed E-state index contributed by atoms with van der Waals surface area (Å²) in [6.07, 6.45) is 2.86. The first-order valence-electron chi connectivity index (χ1n) is 5.65. The van der Waals surface area contributed by atoms with Gasteiger partial charge in [-0.05, 0) is 52.1 Å². The standard InChI is InChI=1S/C12H21NO2/c1-9(2)13-6-4-11(5-7-13)8-10(3)12(14)15/h9,11H,3-8H2,1-2H3,(H,14,15). The van der Waals surface area contributed by atoms with E-state index in [1.165, 1.54) is 0 Å². The minimum atomic E-state index is -0.846. The average molecular weight is 211 g/mol. The highest BCUT2D eigenvalue weighted by atomic mass is 16.4. The minimum absolute atomic E-state index is 0.359. The van der Waals surface area contributed by atoms with Crippen LogP contribution < -0.4 is 0 Å². The largest absolute Gasteiger partial charge is 0.478 e. The van der Waals surface area contributed by atoms with Gasteiger partial charge in [0.1, 0.15) is 0 Å². The third kappa shape index (κ3) is 3.67. The van der Waals surface area contributed by atoms with E-state index in [1.807, 2.05) is 0 Å². The highest BCUT2D eigenvalue weighted by molar-refractivity contribution is 5.85. The highest BCUT2D eigenvalue weighted by Gasteiger charge is 2.22. The minimum Gasteiger partial charge on any atom is -0.478 e. The second-order valence-electron chi connectivity index (χ2n) is 4.69. The van der Waals surface area contributed by atoms with E-state index in [0.29, 0.717) is 24.0 Å². The first kappa shape index (κ1) is 12.2. The van der Waals surface area contributed by atoms with Crippen molar-refractivity contribution in [2.45, 2.75) is 39.2 Å². The summed E-state index contributed by atoms with van der Waals surface area (Å²) in [6.45, 7) is 10.2.